The van der Waals surface area contributed by atoms with Gasteiger partial charge in [-0.25, -0.2) is 0 Å². The Kier molecular flexibility index (Phi) is 5.33. The number of alkyl halides is 3. The molecule has 0 aliphatic carbocycles. The molecular formula is C13H12F3N3O3S2. The van der Waals surface area contributed by atoms with Gasteiger partial charge >= 0.3 is 12.2 Å². The van der Waals surface area contributed by atoms with Gasteiger partial charge < -0.3 is 4.42 Å². The van der Waals surface area contributed by atoms with Crippen molar-refractivity contribution in [1.82, 2.24) is 10.2 Å². The standard InChI is InChI=1S/C13H12F3N3O3S2/c1-6-18-19-12(22-6)17-11(20)7-4-5-8(13(14,15)16)10(24(3)21)9(7)23-2/h4-5H,1-3H3,(H,17,19,20). The molecule has 2 rings (SSSR count). The van der Waals surface area contributed by atoms with Crippen LogP contribution >= 0.6 is 11.8 Å². The van der Waals surface area contributed by atoms with Crippen molar-refractivity contribution in [3.63, 3.8) is 0 Å². The Balaban J connectivity index is 2.52. The maximum absolute atomic E-state index is 13.1. The highest BCUT2D eigenvalue weighted by Gasteiger charge is 2.37. The summed E-state index contributed by atoms with van der Waals surface area (Å²) >= 11 is 0.904. The summed E-state index contributed by atoms with van der Waals surface area (Å²) in [4.78, 5) is 11.9. The van der Waals surface area contributed by atoms with Gasteiger partial charge in [0.25, 0.3) is 5.91 Å². The molecule has 1 amide bonds. The summed E-state index contributed by atoms with van der Waals surface area (Å²) in [6, 6.07) is 1.59. The quantitative estimate of drug-likeness (QED) is 0.822. The number of carbonyl (C=O) groups excluding carboxylic acids is 1. The lowest BCUT2D eigenvalue weighted by Crippen LogP contribution is -2.17. The van der Waals surface area contributed by atoms with Gasteiger partial charge in [-0.1, -0.05) is 5.10 Å². The van der Waals surface area contributed by atoms with E-state index in [1.165, 1.54) is 13.2 Å². The Hall–Kier alpha value is -1.88. The van der Waals surface area contributed by atoms with Crippen molar-refractivity contribution in [3.05, 3.63) is 29.2 Å². The van der Waals surface area contributed by atoms with Crippen LogP contribution in [0, 0.1) is 6.92 Å². The molecule has 0 aliphatic heterocycles. The first-order valence-electron chi connectivity index (χ1n) is 6.38. The largest absolute Gasteiger partial charge is 0.417 e. The van der Waals surface area contributed by atoms with Crippen LogP contribution in [0.25, 0.3) is 0 Å². The van der Waals surface area contributed by atoms with Crippen molar-refractivity contribution < 1.29 is 26.6 Å². The van der Waals surface area contributed by atoms with Crippen molar-refractivity contribution in [2.75, 3.05) is 17.8 Å². The second kappa shape index (κ2) is 6.93. The number of aryl methyl sites for hydroxylation is 1. The van der Waals surface area contributed by atoms with Gasteiger partial charge in [-0.15, -0.1) is 16.9 Å². The third-order valence-corrected chi connectivity index (χ3v) is 4.86. The van der Waals surface area contributed by atoms with Gasteiger partial charge in [-0.2, -0.15) is 13.2 Å². The molecule has 0 spiro atoms. The Bertz CT molecular complexity index is 805. The fraction of sp³-hybridized carbons (Fsp3) is 0.308. The maximum Gasteiger partial charge on any atom is 0.417 e. The number of carbonyl (C=O) groups is 1. The average molecular weight is 379 g/mol. The minimum atomic E-state index is -4.68. The predicted octanol–water partition coefficient (Wildman–Crippen LogP) is 3.11. The molecule has 0 bridgehead atoms. The van der Waals surface area contributed by atoms with Crippen LogP contribution in [0.2, 0.25) is 0 Å². The van der Waals surface area contributed by atoms with Gasteiger partial charge in [0.05, 0.1) is 26.8 Å². The van der Waals surface area contributed by atoms with Gasteiger partial charge in [0, 0.05) is 18.1 Å². The summed E-state index contributed by atoms with van der Waals surface area (Å²) < 4.78 is 56.2. The van der Waals surface area contributed by atoms with Crippen LogP contribution in [0.5, 0.6) is 0 Å². The molecule has 11 heteroatoms. The number of benzene rings is 1. The minimum Gasteiger partial charge on any atom is -0.408 e. The molecule has 2 aromatic rings. The zero-order chi connectivity index (χ0) is 18.1. The maximum atomic E-state index is 13.1. The molecular weight excluding hydrogens is 367 g/mol. The first-order valence-corrected chi connectivity index (χ1v) is 9.16. The topological polar surface area (TPSA) is 85.1 Å². The molecule has 24 heavy (non-hydrogen) atoms. The highest BCUT2D eigenvalue weighted by Crippen LogP contribution is 2.39. The molecule has 130 valence electrons. The zero-order valence-corrected chi connectivity index (χ0v) is 14.4. The number of amides is 1. The average Bonchev–Trinajstić information content (AvgIpc) is 2.89. The van der Waals surface area contributed by atoms with Gasteiger partial charge in [0.15, 0.2) is 0 Å². The molecule has 1 aromatic carbocycles. The van der Waals surface area contributed by atoms with Gasteiger partial charge in [-0.05, 0) is 18.4 Å². The number of hydrogen-bond donors (Lipinski definition) is 1. The number of anilines is 1. The Morgan fingerprint density at radius 3 is 2.46 bits per heavy atom. The molecule has 1 atom stereocenters. The summed E-state index contributed by atoms with van der Waals surface area (Å²) in [6.45, 7) is 1.52. The van der Waals surface area contributed by atoms with Crippen LogP contribution < -0.4 is 5.32 Å². The molecule has 1 heterocycles. The first-order chi connectivity index (χ1) is 11.1. The molecule has 0 saturated carbocycles. The van der Waals surface area contributed by atoms with E-state index < -0.39 is 33.3 Å². The summed E-state index contributed by atoms with van der Waals surface area (Å²) in [6.07, 6.45) is -2.04. The van der Waals surface area contributed by atoms with Crippen LogP contribution in [0.1, 0.15) is 21.8 Å². The van der Waals surface area contributed by atoms with Gasteiger partial charge in [0.2, 0.25) is 5.89 Å². The van der Waals surface area contributed by atoms with E-state index in [9.17, 15) is 22.2 Å². The number of nitrogens with zero attached hydrogens (tertiary/aromatic N) is 2. The minimum absolute atomic E-state index is 0.0144. The van der Waals surface area contributed by atoms with Gasteiger partial charge in [0.1, 0.15) is 0 Å². The van der Waals surface area contributed by atoms with E-state index >= 15 is 0 Å². The summed E-state index contributed by atoms with van der Waals surface area (Å²) in [5.74, 6) is -0.512. The van der Waals surface area contributed by atoms with Crippen molar-refractivity contribution in [2.24, 2.45) is 0 Å². The van der Waals surface area contributed by atoms with E-state index in [1.54, 1.807) is 0 Å². The summed E-state index contributed by atoms with van der Waals surface area (Å²) in [5.41, 5.74) is -1.09. The number of thioether (sulfide) groups is 1. The summed E-state index contributed by atoms with van der Waals surface area (Å²) in [7, 11) is -1.94. The van der Waals surface area contributed by atoms with Crippen LogP contribution in [0.3, 0.4) is 0 Å². The zero-order valence-electron chi connectivity index (χ0n) is 12.7. The van der Waals surface area contributed by atoms with E-state index in [-0.39, 0.29) is 22.4 Å². The van der Waals surface area contributed by atoms with E-state index in [2.05, 4.69) is 15.5 Å². The van der Waals surface area contributed by atoms with Gasteiger partial charge in [-0.3, -0.25) is 14.3 Å². The lowest BCUT2D eigenvalue weighted by Gasteiger charge is -2.17. The highest BCUT2D eigenvalue weighted by atomic mass is 32.2. The van der Waals surface area contributed by atoms with Crippen LogP contribution in [0.15, 0.2) is 26.3 Å². The fourth-order valence-corrected chi connectivity index (χ4v) is 4.11. The molecule has 0 saturated heterocycles. The van der Waals surface area contributed by atoms with Crippen molar-refractivity contribution in [2.45, 2.75) is 22.9 Å². The van der Waals surface area contributed by atoms with Crippen LogP contribution in [-0.4, -0.2) is 32.8 Å². The van der Waals surface area contributed by atoms with E-state index in [0.717, 1.165) is 30.2 Å². The van der Waals surface area contributed by atoms with Crippen molar-refractivity contribution in [3.8, 4) is 0 Å². The Labute approximate surface area is 141 Å². The van der Waals surface area contributed by atoms with Crippen LogP contribution in [-0.2, 0) is 17.0 Å². The van der Waals surface area contributed by atoms with Crippen molar-refractivity contribution >= 4 is 34.5 Å². The first kappa shape index (κ1) is 18.5. The highest BCUT2D eigenvalue weighted by molar-refractivity contribution is 7.99. The number of halogens is 3. The number of aromatic nitrogens is 2. The smallest absolute Gasteiger partial charge is 0.408 e. The molecule has 6 nitrogen and oxygen atoms in total. The predicted molar refractivity (Wildman–Crippen MR) is 82.5 cm³/mol. The van der Waals surface area contributed by atoms with E-state index in [0.29, 0.717) is 0 Å². The fourth-order valence-electron chi connectivity index (χ4n) is 1.96. The Morgan fingerprint density at radius 2 is 2.00 bits per heavy atom. The molecule has 0 fully saturated rings. The second-order valence-corrected chi connectivity index (χ2v) is 6.69. The third-order valence-electron chi connectivity index (χ3n) is 2.90. The third kappa shape index (κ3) is 3.78. The van der Waals surface area contributed by atoms with Crippen LogP contribution in [0.4, 0.5) is 19.2 Å². The monoisotopic (exact) mass is 379 g/mol. The van der Waals surface area contributed by atoms with E-state index in [4.69, 9.17) is 4.42 Å². The summed E-state index contributed by atoms with van der Waals surface area (Å²) in [5, 5.41) is 9.43. The lowest BCUT2D eigenvalue weighted by atomic mass is 10.1. The molecule has 0 radical (unpaired) electrons. The molecule has 1 N–H and O–H groups in total. The molecule has 0 aliphatic rings. The molecule has 1 aromatic heterocycles. The lowest BCUT2D eigenvalue weighted by molar-refractivity contribution is -0.140. The number of hydrogen-bond acceptors (Lipinski definition) is 6. The molecule has 1 unspecified atom stereocenters. The number of rotatable bonds is 4. The van der Waals surface area contributed by atoms with E-state index in [1.807, 2.05) is 0 Å². The SMILES string of the molecule is CSc1c(C(=O)Nc2nnc(C)o2)ccc(C(F)(F)F)c1S(C)=O. The number of nitrogens with one attached hydrogen (secondary N) is 1. The van der Waals surface area contributed by atoms with Crippen molar-refractivity contribution in [1.29, 1.82) is 0 Å². The second-order valence-electron chi connectivity index (χ2n) is 4.56. The normalized spacial score (nSPS) is 12.9. The Morgan fingerprint density at radius 1 is 1.33 bits per heavy atom.